The van der Waals surface area contributed by atoms with Crippen molar-refractivity contribution < 1.29 is 13.3 Å². The highest BCUT2D eigenvalue weighted by Gasteiger charge is 2.29. The van der Waals surface area contributed by atoms with Gasteiger partial charge in [0.25, 0.3) is 0 Å². The Balaban J connectivity index is 2.45. The van der Waals surface area contributed by atoms with E-state index in [1.165, 1.54) is 5.56 Å². The van der Waals surface area contributed by atoms with Crippen LogP contribution in [0.15, 0.2) is 34.3 Å². The Morgan fingerprint density at radius 3 is 2.00 bits per heavy atom. The lowest BCUT2D eigenvalue weighted by Crippen LogP contribution is -2.38. The molecule has 0 amide bonds. The molecule has 0 radical (unpaired) electrons. The predicted molar refractivity (Wildman–Crippen MR) is 139 cm³/mol. The maximum atomic E-state index is 5.89. The van der Waals surface area contributed by atoms with E-state index in [2.05, 4.69) is 62.7 Å². The highest BCUT2D eigenvalue weighted by Crippen LogP contribution is 2.16. The lowest BCUT2D eigenvalue weighted by atomic mass is 10.1. The molecule has 31 heavy (non-hydrogen) atoms. The van der Waals surface area contributed by atoms with Gasteiger partial charge in [-0.1, -0.05) is 24.3 Å². The molecule has 0 aliphatic rings. The van der Waals surface area contributed by atoms with Gasteiger partial charge >= 0.3 is 8.56 Å². The monoisotopic (exact) mass is 464 g/mol. The number of benzene rings is 1. The SMILES string of the molecule is CCO[Si](C)(C)CCCN=C(C)c1ccc(C=NCCC[Si](C)(OCC)OCC)cc1. The van der Waals surface area contributed by atoms with Crippen molar-refractivity contribution in [2.75, 3.05) is 32.9 Å². The van der Waals surface area contributed by atoms with Crippen LogP contribution in [0.2, 0.25) is 31.7 Å². The lowest BCUT2D eigenvalue weighted by molar-refractivity contribution is 0.188. The van der Waals surface area contributed by atoms with E-state index >= 15 is 0 Å². The van der Waals surface area contributed by atoms with Crippen molar-refractivity contribution in [3.05, 3.63) is 35.4 Å². The van der Waals surface area contributed by atoms with Gasteiger partial charge < -0.3 is 13.3 Å². The van der Waals surface area contributed by atoms with E-state index in [4.69, 9.17) is 18.3 Å². The molecule has 1 aromatic carbocycles. The van der Waals surface area contributed by atoms with Crippen LogP contribution in [0.1, 0.15) is 51.7 Å². The molecule has 0 saturated heterocycles. The Morgan fingerprint density at radius 1 is 0.839 bits per heavy atom. The molecular weight excluding hydrogens is 420 g/mol. The minimum absolute atomic E-state index is 0.716. The molecule has 5 nitrogen and oxygen atoms in total. The zero-order valence-electron chi connectivity index (χ0n) is 20.9. The third-order valence-electron chi connectivity index (χ3n) is 5.21. The number of hydrogen-bond donors (Lipinski definition) is 0. The average molecular weight is 465 g/mol. The fourth-order valence-electron chi connectivity index (χ4n) is 3.57. The molecule has 0 aromatic heterocycles. The number of rotatable bonds is 16. The molecule has 176 valence electrons. The summed E-state index contributed by atoms with van der Waals surface area (Å²) >= 11 is 0. The van der Waals surface area contributed by atoms with Crippen LogP contribution < -0.4 is 0 Å². The van der Waals surface area contributed by atoms with Crippen LogP contribution in [0.3, 0.4) is 0 Å². The zero-order valence-corrected chi connectivity index (χ0v) is 22.9. The highest BCUT2D eigenvalue weighted by atomic mass is 28.4. The van der Waals surface area contributed by atoms with Crippen molar-refractivity contribution in [3.8, 4) is 0 Å². The van der Waals surface area contributed by atoms with E-state index in [0.717, 1.165) is 55.9 Å². The number of aliphatic imine (C=N–C) groups is 2. The van der Waals surface area contributed by atoms with Crippen LogP contribution in [0.5, 0.6) is 0 Å². The average Bonchev–Trinajstić information content (AvgIpc) is 2.71. The lowest BCUT2D eigenvalue weighted by Gasteiger charge is -2.25. The molecular formula is C24H44N2O3Si2. The molecule has 0 aliphatic heterocycles. The summed E-state index contributed by atoms with van der Waals surface area (Å²) in [7, 11) is -3.52. The van der Waals surface area contributed by atoms with Crippen molar-refractivity contribution in [2.24, 2.45) is 9.98 Å². The van der Waals surface area contributed by atoms with E-state index in [1.54, 1.807) is 0 Å². The third-order valence-corrected chi connectivity index (χ3v) is 10.9. The zero-order chi connectivity index (χ0) is 23.2. The first kappa shape index (κ1) is 27.9. The quantitative estimate of drug-likeness (QED) is 0.169. The minimum atomic E-state index is -2.02. The summed E-state index contributed by atoms with van der Waals surface area (Å²) in [6.07, 6.45) is 4.04. The van der Waals surface area contributed by atoms with Gasteiger partial charge in [0.05, 0.1) is 0 Å². The van der Waals surface area contributed by atoms with E-state index in [9.17, 15) is 0 Å². The number of hydrogen-bond acceptors (Lipinski definition) is 5. The smallest absolute Gasteiger partial charge is 0.334 e. The van der Waals surface area contributed by atoms with Crippen LogP contribution in [-0.4, -0.2) is 61.7 Å². The molecule has 0 saturated carbocycles. The summed E-state index contributed by atoms with van der Waals surface area (Å²) in [5.74, 6) is 0. The molecule has 0 N–H and O–H groups in total. The van der Waals surface area contributed by atoms with Gasteiger partial charge in [-0.05, 0) is 83.4 Å². The van der Waals surface area contributed by atoms with E-state index in [1.807, 2.05) is 20.1 Å². The van der Waals surface area contributed by atoms with Crippen LogP contribution in [-0.2, 0) is 13.3 Å². The third kappa shape index (κ3) is 11.9. The van der Waals surface area contributed by atoms with Gasteiger partial charge in [0, 0.05) is 44.8 Å². The first-order valence-corrected chi connectivity index (χ1v) is 17.4. The summed E-state index contributed by atoms with van der Waals surface area (Å²) in [6, 6.07) is 10.6. The summed E-state index contributed by atoms with van der Waals surface area (Å²) in [6.45, 7) is 18.9. The van der Waals surface area contributed by atoms with Gasteiger partial charge in [-0.15, -0.1) is 0 Å². The molecule has 1 rings (SSSR count). The van der Waals surface area contributed by atoms with Crippen molar-refractivity contribution in [3.63, 3.8) is 0 Å². The van der Waals surface area contributed by atoms with Gasteiger partial charge in [0.2, 0.25) is 0 Å². The standard InChI is InChI=1S/C24H44N2O3Si2/c1-8-27-30(5,6)19-12-18-26-22(4)24-15-13-23(14-16-24)21-25-17-11-20-31(7,28-9-2)29-10-3/h13-16,21H,8-12,17-20H2,1-7H3. The topological polar surface area (TPSA) is 52.4 Å². The van der Waals surface area contributed by atoms with Gasteiger partial charge in [-0.2, -0.15) is 0 Å². The molecule has 7 heteroatoms. The Kier molecular flexibility index (Phi) is 13.4. The second-order valence-corrected chi connectivity index (χ2v) is 16.2. The van der Waals surface area contributed by atoms with E-state index in [-0.39, 0.29) is 0 Å². The first-order chi connectivity index (χ1) is 14.7. The van der Waals surface area contributed by atoms with Crippen LogP contribution >= 0.6 is 0 Å². The Labute approximate surface area is 192 Å². The predicted octanol–water partition coefficient (Wildman–Crippen LogP) is 6.08. The summed E-state index contributed by atoms with van der Waals surface area (Å²) in [5, 5.41) is 0. The second kappa shape index (κ2) is 14.8. The Morgan fingerprint density at radius 2 is 1.42 bits per heavy atom. The van der Waals surface area contributed by atoms with Gasteiger partial charge in [-0.3, -0.25) is 9.98 Å². The van der Waals surface area contributed by atoms with Crippen molar-refractivity contribution in [2.45, 2.75) is 72.3 Å². The van der Waals surface area contributed by atoms with E-state index in [0.29, 0.717) is 13.2 Å². The second-order valence-electron chi connectivity index (χ2n) is 8.52. The molecule has 0 spiro atoms. The normalized spacial score (nSPS) is 13.3. The first-order valence-electron chi connectivity index (χ1n) is 11.8. The minimum Gasteiger partial charge on any atom is -0.418 e. The van der Waals surface area contributed by atoms with Gasteiger partial charge in [0.1, 0.15) is 0 Å². The fourth-order valence-corrected chi connectivity index (χ4v) is 7.90. The van der Waals surface area contributed by atoms with Crippen LogP contribution in [0.25, 0.3) is 0 Å². The summed E-state index contributed by atoms with van der Waals surface area (Å²) in [5.41, 5.74) is 3.39. The molecule has 1 aromatic rings. The fraction of sp³-hybridized carbons (Fsp3) is 0.667. The molecule has 0 aliphatic carbocycles. The van der Waals surface area contributed by atoms with Crippen molar-refractivity contribution >= 4 is 28.8 Å². The maximum Gasteiger partial charge on any atom is 0.334 e. The highest BCUT2D eigenvalue weighted by molar-refractivity contribution is 6.71. The summed E-state index contributed by atoms with van der Waals surface area (Å²) in [4.78, 5) is 9.34. The molecule has 0 atom stereocenters. The Bertz CT molecular complexity index is 670. The van der Waals surface area contributed by atoms with Crippen LogP contribution in [0.4, 0.5) is 0 Å². The largest absolute Gasteiger partial charge is 0.418 e. The van der Waals surface area contributed by atoms with Crippen molar-refractivity contribution in [1.82, 2.24) is 0 Å². The Hall–Kier alpha value is -1.13. The van der Waals surface area contributed by atoms with E-state index < -0.39 is 16.9 Å². The number of nitrogens with zero attached hydrogens (tertiary/aromatic N) is 2. The molecule has 0 unspecified atom stereocenters. The molecule has 0 bridgehead atoms. The van der Waals surface area contributed by atoms with Crippen molar-refractivity contribution in [1.29, 1.82) is 0 Å². The summed E-state index contributed by atoms with van der Waals surface area (Å²) < 4.78 is 17.7. The molecule has 0 heterocycles. The van der Waals surface area contributed by atoms with Crippen LogP contribution in [0, 0.1) is 0 Å². The molecule has 0 fully saturated rings. The van der Waals surface area contributed by atoms with Gasteiger partial charge in [-0.25, -0.2) is 0 Å². The van der Waals surface area contributed by atoms with Gasteiger partial charge in [0.15, 0.2) is 8.32 Å². The maximum absolute atomic E-state index is 5.89.